The zero-order chi connectivity index (χ0) is 15.6. The number of carbonyl (C=O) groups excluding carboxylic acids is 1. The number of halogens is 3. The Morgan fingerprint density at radius 2 is 1.86 bits per heavy atom. The Morgan fingerprint density at radius 1 is 1.24 bits per heavy atom. The molecule has 116 valence electrons. The molecule has 1 heterocycles. The molecule has 1 amide bonds. The van der Waals surface area contributed by atoms with E-state index in [1.165, 1.54) is 0 Å². The molecular weight excluding hydrogens is 365 g/mol. The highest BCUT2D eigenvalue weighted by molar-refractivity contribution is 8.13. The lowest BCUT2D eigenvalue weighted by Crippen LogP contribution is -2.39. The van der Waals surface area contributed by atoms with E-state index in [9.17, 15) is 13.2 Å². The van der Waals surface area contributed by atoms with Crippen LogP contribution in [0.15, 0.2) is 17.0 Å². The highest BCUT2D eigenvalue weighted by Gasteiger charge is 2.25. The van der Waals surface area contributed by atoms with Gasteiger partial charge >= 0.3 is 0 Å². The number of anilines is 1. The van der Waals surface area contributed by atoms with Gasteiger partial charge in [0.25, 0.3) is 15.0 Å². The van der Waals surface area contributed by atoms with Crippen molar-refractivity contribution in [1.82, 2.24) is 0 Å². The SMILES string of the molecule is O=C(Nc1c(Cl)cc(S(=O)(=O)Cl)cc1Cl)C1COCCO1. The Bertz CT molecular complexity index is 635. The van der Waals surface area contributed by atoms with Gasteiger partial charge in [0.1, 0.15) is 0 Å². The van der Waals surface area contributed by atoms with Gasteiger partial charge < -0.3 is 14.8 Å². The lowest BCUT2D eigenvalue weighted by molar-refractivity contribution is -0.142. The first kappa shape index (κ1) is 16.8. The zero-order valence-electron chi connectivity index (χ0n) is 10.4. The van der Waals surface area contributed by atoms with Crippen LogP contribution >= 0.6 is 33.9 Å². The molecule has 1 saturated heterocycles. The summed E-state index contributed by atoms with van der Waals surface area (Å²) in [6, 6.07) is 2.20. The van der Waals surface area contributed by atoms with Crippen LogP contribution in [0.5, 0.6) is 0 Å². The van der Waals surface area contributed by atoms with Crippen LogP contribution in [-0.2, 0) is 23.3 Å². The van der Waals surface area contributed by atoms with Crippen LogP contribution < -0.4 is 5.32 Å². The second-order valence-corrected chi connectivity index (χ2v) is 7.50. The molecular formula is C11H10Cl3NO5S. The van der Waals surface area contributed by atoms with E-state index >= 15 is 0 Å². The van der Waals surface area contributed by atoms with E-state index in [0.29, 0.717) is 13.2 Å². The minimum Gasteiger partial charge on any atom is -0.376 e. The molecule has 2 rings (SSSR count). The Balaban J connectivity index is 2.22. The van der Waals surface area contributed by atoms with E-state index in [-0.39, 0.29) is 27.2 Å². The Labute approximate surface area is 135 Å². The number of amides is 1. The van der Waals surface area contributed by atoms with Gasteiger partial charge in [-0.05, 0) is 12.1 Å². The largest absolute Gasteiger partial charge is 0.376 e. The molecule has 0 spiro atoms. The summed E-state index contributed by atoms with van der Waals surface area (Å²) < 4.78 is 32.8. The number of hydrogen-bond donors (Lipinski definition) is 1. The lowest BCUT2D eigenvalue weighted by atomic mass is 10.2. The Morgan fingerprint density at radius 3 is 2.33 bits per heavy atom. The van der Waals surface area contributed by atoms with E-state index in [0.717, 1.165) is 12.1 Å². The number of rotatable bonds is 3. The molecule has 21 heavy (non-hydrogen) atoms. The summed E-state index contributed by atoms with van der Waals surface area (Å²) in [6.45, 7) is 0.853. The van der Waals surface area contributed by atoms with Gasteiger partial charge in [0.15, 0.2) is 6.10 Å². The fourth-order valence-corrected chi connectivity index (χ4v) is 3.15. The second kappa shape index (κ2) is 6.68. The average Bonchev–Trinajstić information content (AvgIpc) is 2.42. The Hall–Kier alpha value is -0.570. The minimum absolute atomic E-state index is 0.0493. The van der Waals surface area contributed by atoms with Crippen molar-refractivity contribution in [3.8, 4) is 0 Å². The predicted molar refractivity (Wildman–Crippen MR) is 78.7 cm³/mol. The molecule has 1 unspecified atom stereocenters. The highest BCUT2D eigenvalue weighted by Crippen LogP contribution is 2.34. The maximum absolute atomic E-state index is 12.0. The van der Waals surface area contributed by atoms with Crippen molar-refractivity contribution in [2.45, 2.75) is 11.0 Å². The first-order valence-corrected chi connectivity index (χ1v) is 8.79. The van der Waals surface area contributed by atoms with Gasteiger partial charge in [-0.15, -0.1) is 0 Å². The van der Waals surface area contributed by atoms with Gasteiger partial charge in [-0.2, -0.15) is 0 Å². The molecule has 1 atom stereocenters. The summed E-state index contributed by atoms with van der Waals surface area (Å²) in [5.74, 6) is -0.486. The number of benzene rings is 1. The fourth-order valence-electron chi connectivity index (χ4n) is 1.65. The third-order valence-corrected chi connectivity index (χ3v) is 4.58. The van der Waals surface area contributed by atoms with Crippen LogP contribution in [0.1, 0.15) is 0 Å². The van der Waals surface area contributed by atoms with Crippen LogP contribution in [0.3, 0.4) is 0 Å². The molecule has 0 aromatic heterocycles. The Kier molecular flexibility index (Phi) is 5.34. The van der Waals surface area contributed by atoms with Crippen molar-refractivity contribution in [3.05, 3.63) is 22.2 Å². The number of ether oxygens (including phenoxy) is 2. The van der Waals surface area contributed by atoms with Gasteiger partial charge in [-0.25, -0.2) is 8.42 Å². The van der Waals surface area contributed by atoms with Crippen molar-refractivity contribution in [3.63, 3.8) is 0 Å². The molecule has 1 aromatic carbocycles. The lowest BCUT2D eigenvalue weighted by Gasteiger charge is -2.22. The molecule has 1 aromatic rings. The normalized spacial score (nSPS) is 19.3. The van der Waals surface area contributed by atoms with Crippen LogP contribution in [-0.4, -0.2) is 40.2 Å². The summed E-state index contributed by atoms with van der Waals surface area (Å²) in [5.41, 5.74) is 0.0848. The minimum atomic E-state index is -3.97. The summed E-state index contributed by atoms with van der Waals surface area (Å²) in [5, 5.41) is 2.38. The molecule has 1 N–H and O–H groups in total. The molecule has 0 radical (unpaired) electrons. The maximum Gasteiger partial charge on any atom is 0.261 e. The summed E-state index contributed by atoms with van der Waals surface area (Å²) in [7, 11) is 1.25. The van der Waals surface area contributed by atoms with Crippen molar-refractivity contribution in [2.75, 3.05) is 25.1 Å². The van der Waals surface area contributed by atoms with E-state index in [4.69, 9.17) is 43.4 Å². The van der Waals surface area contributed by atoms with Gasteiger partial charge in [0.2, 0.25) is 0 Å². The van der Waals surface area contributed by atoms with Crippen LogP contribution in [0.2, 0.25) is 10.0 Å². The summed E-state index contributed by atoms with van der Waals surface area (Å²) in [4.78, 5) is 11.7. The number of hydrogen-bond acceptors (Lipinski definition) is 5. The first-order valence-electron chi connectivity index (χ1n) is 5.73. The van der Waals surface area contributed by atoms with E-state index in [1.807, 2.05) is 0 Å². The van der Waals surface area contributed by atoms with E-state index in [1.54, 1.807) is 0 Å². The first-order chi connectivity index (χ1) is 9.79. The molecule has 10 heteroatoms. The van der Waals surface area contributed by atoms with Gasteiger partial charge in [-0.1, -0.05) is 23.2 Å². The monoisotopic (exact) mass is 373 g/mol. The fraction of sp³-hybridized carbons (Fsp3) is 0.364. The third kappa shape index (κ3) is 4.21. The summed E-state index contributed by atoms with van der Waals surface area (Å²) in [6.07, 6.45) is -0.776. The molecule has 1 aliphatic heterocycles. The van der Waals surface area contributed by atoms with E-state index in [2.05, 4.69) is 5.32 Å². The van der Waals surface area contributed by atoms with Crippen molar-refractivity contribution in [2.24, 2.45) is 0 Å². The standard InChI is InChI=1S/C11H10Cl3NO5S/c12-7-3-6(21(14,17)18)4-8(13)10(7)15-11(16)9-5-19-1-2-20-9/h3-4,9H,1-2,5H2,(H,15,16). The van der Waals surface area contributed by atoms with Gasteiger partial charge in [0.05, 0.1) is 40.4 Å². The highest BCUT2D eigenvalue weighted by atomic mass is 35.7. The van der Waals surface area contributed by atoms with Crippen LogP contribution in [0.25, 0.3) is 0 Å². The molecule has 1 aliphatic rings. The number of carbonyl (C=O) groups is 1. The predicted octanol–water partition coefficient (Wildman–Crippen LogP) is 2.27. The molecule has 6 nitrogen and oxygen atoms in total. The van der Waals surface area contributed by atoms with Crippen molar-refractivity contribution < 1.29 is 22.7 Å². The maximum atomic E-state index is 12.0. The van der Waals surface area contributed by atoms with Crippen LogP contribution in [0.4, 0.5) is 5.69 Å². The zero-order valence-corrected chi connectivity index (χ0v) is 13.5. The second-order valence-electron chi connectivity index (χ2n) is 4.12. The van der Waals surface area contributed by atoms with Crippen LogP contribution in [0, 0.1) is 0 Å². The number of nitrogens with one attached hydrogen (secondary N) is 1. The smallest absolute Gasteiger partial charge is 0.261 e. The quantitative estimate of drug-likeness (QED) is 0.821. The molecule has 0 aliphatic carbocycles. The average molecular weight is 375 g/mol. The molecule has 0 saturated carbocycles. The topological polar surface area (TPSA) is 81.7 Å². The molecule has 0 bridgehead atoms. The third-order valence-electron chi connectivity index (χ3n) is 2.65. The van der Waals surface area contributed by atoms with Gasteiger partial charge in [0, 0.05) is 10.7 Å². The van der Waals surface area contributed by atoms with Crippen molar-refractivity contribution in [1.29, 1.82) is 0 Å². The van der Waals surface area contributed by atoms with Gasteiger partial charge in [-0.3, -0.25) is 4.79 Å². The van der Waals surface area contributed by atoms with E-state index < -0.39 is 21.1 Å². The molecule has 1 fully saturated rings. The van der Waals surface area contributed by atoms with Crippen molar-refractivity contribution >= 4 is 54.5 Å². The summed E-state index contributed by atoms with van der Waals surface area (Å²) >= 11 is 11.9.